The van der Waals surface area contributed by atoms with Gasteiger partial charge in [-0.25, -0.2) is 4.79 Å². The number of carbonyl (C=O) groups excluding carboxylic acids is 1. The molecule has 0 aromatic heterocycles. The van der Waals surface area contributed by atoms with E-state index in [2.05, 4.69) is 0 Å². The molecule has 0 fully saturated rings. The van der Waals surface area contributed by atoms with Crippen molar-refractivity contribution in [1.82, 2.24) is 0 Å². The second-order valence-electron chi connectivity index (χ2n) is 5.99. The minimum atomic E-state index is -1.06. The van der Waals surface area contributed by atoms with E-state index in [9.17, 15) is 14.7 Å². The maximum absolute atomic E-state index is 11.5. The standard InChI is InChI=1S/C22H18O4/c1-15-6-8-16(9-7-15)12-18(22(24)25)14-26-21-11-10-17-4-2-3-5-19(17)20(21)13-23/h2-13H,14H2,1H3,(H,24,25). The summed E-state index contributed by atoms with van der Waals surface area (Å²) in [7, 11) is 0. The van der Waals surface area contributed by atoms with Gasteiger partial charge in [0.1, 0.15) is 12.4 Å². The average molecular weight is 346 g/mol. The molecular weight excluding hydrogens is 328 g/mol. The number of aldehydes is 1. The lowest BCUT2D eigenvalue weighted by Gasteiger charge is -2.11. The SMILES string of the molecule is Cc1ccc(C=C(COc2ccc3ccccc3c2C=O)C(=O)O)cc1. The van der Waals surface area contributed by atoms with Gasteiger partial charge in [-0.2, -0.15) is 0 Å². The summed E-state index contributed by atoms with van der Waals surface area (Å²) in [6, 6.07) is 18.6. The summed E-state index contributed by atoms with van der Waals surface area (Å²) in [6.07, 6.45) is 2.31. The maximum Gasteiger partial charge on any atom is 0.335 e. The van der Waals surface area contributed by atoms with E-state index in [-0.39, 0.29) is 12.2 Å². The largest absolute Gasteiger partial charge is 0.488 e. The molecule has 1 N–H and O–H groups in total. The van der Waals surface area contributed by atoms with Crippen LogP contribution < -0.4 is 4.74 Å². The highest BCUT2D eigenvalue weighted by atomic mass is 16.5. The molecule has 0 spiro atoms. The summed E-state index contributed by atoms with van der Waals surface area (Å²) in [4.78, 5) is 23.1. The lowest BCUT2D eigenvalue weighted by atomic mass is 10.0. The number of carbonyl (C=O) groups is 2. The van der Waals surface area contributed by atoms with Crippen molar-refractivity contribution in [1.29, 1.82) is 0 Å². The number of rotatable bonds is 6. The van der Waals surface area contributed by atoms with E-state index in [1.807, 2.05) is 61.5 Å². The Morgan fingerprint density at radius 1 is 1.04 bits per heavy atom. The topological polar surface area (TPSA) is 63.6 Å². The van der Waals surface area contributed by atoms with Gasteiger partial charge in [0.2, 0.25) is 0 Å². The predicted molar refractivity (Wildman–Crippen MR) is 102 cm³/mol. The number of carboxylic acids is 1. The third kappa shape index (κ3) is 3.81. The molecule has 0 atom stereocenters. The molecule has 4 heteroatoms. The van der Waals surface area contributed by atoms with Gasteiger partial charge in [-0.15, -0.1) is 0 Å². The molecule has 26 heavy (non-hydrogen) atoms. The number of carboxylic acid groups (broad SMARTS) is 1. The molecule has 0 aliphatic carbocycles. The van der Waals surface area contributed by atoms with Crippen LogP contribution in [0, 0.1) is 6.92 Å². The van der Waals surface area contributed by atoms with E-state index in [0.29, 0.717) is 11.3 Å². The Balaban J connectivity index is 1.88. The molecule has 0 saturated heterocycles. The smallest absolute Gasteiger partial charge is 0.335 e. The third-order valence-electron chi connectivity index (χ3n) is 4.12. The van der Waals surface area contributed by atoms with Crippen molar-refractivity contribution < 1.29 is 19.4 Å². The minimum Gasteiger partial charge on any atom is -0.488 e. The zero-order valence-electron chi connectivity index (χ0n) is 14.3. The highest BCUT2D eigenvalue weighted by molar-refractivity contribution is 6.01. The van der Waals surface area contributed by atoms with Crippen LogP contribution in [0.15, 0.2) is 66.2 Å². The number of hydrogen-bond acceptors (Lipinski definition) is 3. The third-order valence-corrected chi connectivity index (χ3v) is 4.12. The molecule has 0 aliphatic heterocycles. The van der Waals surface area contributed by atoms with Crippen molar-refractivity contribution in [3.63, 3.8) is 0 Å². The summed E-state index contributed by atoms with van der Waals surface area (Å²) in [6.45, 7) is 1.83. The van der Waals surface area contributed by atoms with E-state index in [1.54, 1.807) is 12.1 Å². The van der Waals surface area contributed by atoms with E-state index in [0.717, 1.165) is 28.2 Å². The second kappa shape index (κ2) is 7.66. The Kier molecular flexibility index (Phi) is 5.13. The van der Waals surface area contributed by atoms with Crippen LogP contribution in [0.3, 0.4) is 0 Å². The zero-order chi connectivity index (χ0) is 18.5. The van der Waals surface area contributed by atoms with Crippen LogP contribution in [-0.2, 0) is 4.79 Å². The monoisotopic (exact) mass is 346 g/mol. The van der Waals surface area contributed by atoms with E-state index >= 15 is 0 Å². The van der Waals surface area contributed by atoms with Gasteiger partial charge in [-0.1, -0.05) is 60.2 Å². The van der Waals surface area contributed by atoms with Crippen LogP contribution in [0.1, 0.15) is 21.5 Å². The molecule has 0 bridgehead atoms. The molecule has 4 nitrogen and oxygen atoms in total. The fourth-order valence-electron chi connectivity index (χ4n) is 2.71. The molecule has 0 amide bonds. The van der Waals surface area contributed by atoms with E-state index < -0.39 is 5.97 Å². The molecule has 0 radical (unpaired) electrons. The van der Waals surface area contributed by atoms with Crippen LogP contribution in [-0.4, -0.2) is 24.0 Å². The van der Waals surface area contributed by atoms with Crippen molar-refractivity contribution in [2.75, 3.05) is 6.61 Å². The summed E-state index contributed by atoms with van der Waals surface area (Å²) in [5, 5.41) is 11.2. The van der Waals surface area contributed by atoms with Gasteiger partial charge in [-0.05, 0) is 35.4 Å². The normalized spacial score (nSPS) is 11.3. The van der Waals surface area contributed by atoms with Gasteiger partial charge in [0.15, 0.2) is 6.29 Å². The van der Waals surface area contributed by atoms with Gasteiger partial charge in [-0.3, -0.25) is 4.79 Å². The lowest BCUT2D eigenvalue weighted by molar-refractivity contribution is -0.132. The molecule has 0 heterocycles. The highest BCUT2D eigenvalue weighted by Gasteiger charge is 2.12. The quantitative estimate of drug-likeness (QED) is 0.527. The average Bonchev–Trinajstić information content (AvgIpc) is 2.65. The molecule has 3 aromatic carbocycles. The van der Waals surface area contributed by atoms with Crippen LogP contribution in [0.25, 0.3) is 16.8 Å². The van der Waals surface area contributed by atoms with E-state index in [1.165, 1.54) is 0 Å². The van der Waals surface area contributed by atoms with Gasteiger partial charge < -0.3 is 9.84 Å². The second-order valence-corrected chi connectivity index (χ2v) is 5.99. The van der Waals surface area contributed by atoms with Crippen molar-refractivity contribution in [2.45, 2.75) is 6.92 Å². The Morgan fingerprint density at radius 3 is 2.46 bits per heavy atom. The van der Waals surface area contributed by atoms with Crippen LogP contribution in [0.5, 0.6) is 5.75 Å². The highest BCUT2D eigenvalue weighted by Crippen LogP contribution is 2.27. The Bertz CT molecular complexity index is 985. The molecular formula is C22H18O4. The van der Waals surface area contributed by atoms with Gasteiger partial charge >= 0.3 is 5.97 Å². The Labute approximate surface area is 151 Å². The van der Waals surface area contributed by atoms with Crippen molar-refractivity contribution in [3.05, 3.63) is 82.9 Å². The fraction of sp³-hybridized carbons (Fsp3) is 0.0909. The first-order chi connectivity index (χ1) is 12.6. The summed E-state index contributed by atoms with van der Waals surface area (Å²) < 4.78 is 5.68. The molecule has 0 saturated carbocycles. The number of benzene rings is 3. The van der Waals surface area contributed by atoms with Crippen LogP contribution in [0.4, 0.5) is 0 Å². The molecule has 3 rings (SSSR count). The molecule has 0 unspecified atom stereocenters. The van der Waals surface area contributed by atoms with Crippen LogP contribution in [0.2, 0.25) is 0 Å². The van der Waals surface area contributed by atoms with Gasteiger partial charge in [0.05, 0.1) is 11.1 Å². The number of hydrogen-bond donors (Lipinski definition) is 1. The van der Waals surface area contributed by atoms with Crippen molar-refractivity contribution >= 4 is 29.1 Å². The molecule has 130 valence electrons. The first-order valence-electron chi connectivity index (χ1n) is 8.19. The number of ether oxygens (including phenoxy) is 1. The number of aryl methyl sites for hydroxylation is 1. The summed E-state index contributed by atoms with van der Waals surface area (Å²) in [5.74, 6) is -0.686. The lowest BCUT2D eigenvalue weighted by Crippen LogP contribution is -2.11. The first-order valence-corrected chi connectivity index (χ1v) is 8.19. The molecule has 3 aromatic rings. The summed E-state index contributed by atoms with van der Waals surface area (Å²) >= 11 is 0. The Morgan fingerprint density at radius 2 is 1.77 bits per heavy atom. The first kappa shape index (κ1) is 17.4. The fourth-order valence-corrected chi connectivity index (χ4v) is 2.71. The minimum absolute atomic E-state index is 0.110. The number of aliphatic carboxylic acids is 1. The maximum atomic E-state index is 11.5. The van der Waals surface area contributed by atoms with Gasteiger partial charge in [0.25, 0.3) is 0 Å². The van der Waals surface area contributed by atoms with Crippen molar-refractivity contribution in [3.8, 4) is 5.75 Å². The summed E-state index contributed by atoms with van der Waals surface area (Å²) in [5.41, 5.74) is 2.41. The van der Waals surface area contributed by atoms with E-state index in [4.69, 9.17) is 4.74 Å². The van der Waals surface area contributed by atoms with Crippen molar-refractivity contribution in [2.24, 2.45) is 0 Å². The van der Waals surface area contributed by atoms with Crippen LogP contribution >= 0.6 is 0 Å². The molecule has 0 aliphatic rings. The number of fused-ring (bicyclic) bond motifs is 1. The zero-order valence-corrected chi connectivity index (χ0v) is 14.3. The Hall–Kier alpha value is -3.40. The predicted octanol–water partition coefficient (Wildman–Crippen LogP) is 4.51. The van der Waals surface area contributed by atoms with Gasteiger partial charge in [0, 0.05) is 0 Å².